The van der Waals surface area contributed by atoms with Crippen molar-refractivity contribution in [2.75, 3.05) is 0 Å². The molecule has 1 aliphatic carbocycles. The van der Waals surface area contributed by atoms with Crippen LogP contribution in [0.15, 0.2) is 35.5 Å². The van der Waals surface area contributed by atoms with Crippen LogP contribution in [0.1, 0.15) is 35.6 Å². The van der Waals surface area contributed by atoms with Gasteiger partial charge < -0.3 is 4.57 Å². The number of pyridine rings is 1. The first-order valence-electron chi connectivity index (χ1n) is 8.01. The molecule has 9 heteroatoms. The van der Waals surface area contributed by atoms with E-state index in [9.17, 15) is 30.7 Å². The van der Waals surface area contributed by atoms with Gasteiger partial charge in [-0.25, -0.2) is 4.39 Å². The molecule has 0 amide bonds. The van der Waals surface area contributed by atoms with Gasteiger partial charge in [0, 0.05) is 13.2 Å². The molecule has 2 aromatic rings. The molecule has 1 heterocycles. The van der Waals surface area contributed by atoms with Crippen molar-refractivity contribution >= 4 is 0 Å². The Bertz CT molecular complexity index is 927. The third-order valence-electron chi connectivity index (χ3n) is 4.74. The molecule has 0 unspecified atom stereocenters. The van der Waals surface area contributed by atoms with E-state index in [2.05, 4.69) is 4.99 Å². The van der Waals surface area contributed by atoms with Gasteiger partial charge in [-0.15, -0.1) is 0 Å². The van der Waals surface area contributed by atoms with Crippen LogP contribution in [0.25, 0.3) is 0 Å². The van der Waals surface area contributed by atoms with E-state index < -0.39 is 34.8 Å². The molecule has 3 rings (SSSR count). The zero-order chi connectivity index (χ0) is 20.2. The molecule has 1 aromatic heterocycles. The first kappa shape index (κ1) is 19.4. The fourth-order valence-electron chi connectivity index (χ4n) is 3.33. The second-order valence-corrected chi connectivity index (χ2v) is 6.76. The molecule has 0 bridgehead atoms. The third kappa shape index (κ3) is 3.59. The Labute approximate surface area is 150 Å². The predicted octanol–water partition coefficient (Wildman–Crippen LogP) is 4.96. The molecule has 0 aliphatic heterocycles. The van der Waals surface area contributed by atoms with E-state index in [-0.39, 0.29) is 5.49 Å². The highest BCUT2D eigenvalue weighted by atomic mass is 19.4. The number of aromatic nitrogens is 1. The summed E-state index contributed by atoms with van der Waals surface area (Å²) >= 11 is 0. The quantitative estimate of drug-likeness (QED) is 0.611. The van der Waals surface area contributed by atoms with Crippen LogP contribution >= 0.6 is 0 Å². The number of nitrogens with zero attached hydrogens (tertiary/aromatic N) is 2. The molecule has 0 fully saturated rings. The Morgan fingerprint density at radius 3 is 2.19 bits per heavy atom. The van der Waals surface area contributed by atoms with Crippen molar-refractivity contribution in [1.82, 2.24) is 4.57 Å². The number of aryl methyl sites for hydroxylation is 2. The van der Waals surface area contributed by atoms with Crippen molar-refractivity contribution in [3.8, 4) is 0 Å². The zero-order valence-corrected chi connectivity index (χ0v) is 14.3. The first-order valence-corrected chi connectivity index (χ1v) is 8.01. The number of halogens is 7. The molecule has 0 saturated carbocycles. The Kier molecular flexibility index (Phi) is 4.39. The summed E-state index contributed by atoms with van der Waals surface area (Å²) in [7, 11) is 1.24. The van der Waals surface area contributed by atoms with Gasteiger partial charge in [-0.05, 0) is 49.1 Å². The van der Waals surface area contributed by atoms with E-state index in [0.29, 0.717) is 30.0 Å². The van der Waals surface area contributed by atoms with Crippen LogP contribution in [0, 0.1) is 5.82 Å². The van der Waals surface area contributed by atoms with Crippen LogP contribution in [-0.2, 0) is 31.4 Å². The Morgan fingerprint density at radius 1 is 1.00 bits per heavy atom. The van der Waals surface area contributed by atoms with Crippen molar-refractivity contribution in [2.24, 2.45) is 12.0 Å². The van der Waals surface area contributed by atoms with Gasteiger partial charge in [0.25, 0.3) is 0 Å². The molecule has 0 radical (unpaired) electrons. The highest BCUT2D eigenvalue weighted by molar-refractivity contribution is 5.42. The number of hydrogen-bond donors (Lipinski definition) is 0. The SMILES string of the molecule is Cn1cc(C(F)(F)F)cc(F)/c1=N/[C@@]1(C)CCc2cc(C(F)(F)F)ccc21. The standard InChI is InChI=1S/C18H15F7N2/c1-16(6-5-10-7-11(17(20,21)22)3-4-13(10)16)26-15-14(19)8-12(9-27(15)2)18(23,24)25/h3-4,7-9H,5-6H2,1-2H3/b26-15-/t16-/m0/s1. The summed E-state index contributed by atoms with van der Waals surface area (Å²) in [6.45, 7) is 1.63. The molecule has 146 valence electrons. The normalized spacial score (nSPS) is 20.9. The lowest BCUT2D eigenvalue weighted by Gasteiger charge is -2.21. The summed E-state index contributed by atoms with van der Waals surface area (Å²) in [4.78, 5) is 4.28. The number of hydrogen-bond acceptors (Lipinski definition) is 1. The molecule has 1 aromatic carbocycles. The molecule has 27 heavy (non-hydrogen) atoms. The lowest BCUT2D eigenvalue weighted by molar-refractivity contribution is -0.138. The molecule has 0 spiro atoms. The number of alkyl halides is 6. The van der Waals surface area contributed by atoms with Crippen LogP contribution in [0.5, 0.6) is 0 Å². The van der Waals surface area contributed by atoms with Crippen LogP contribution < -0.4 is 5.49 Å². The highest BCUT2D eigenvalue weighted by Gasteiger charge is 2.38. The number of fused-ring (bicyclic) bond motifs is 1. The van der Waals surface area contributed by atoms with Gasteiger partial charge in [0.15, 0.2) is 11.3 Å². The minimum Gasteiger partial charge on any atom is -0.333 e. The predicted molar refractivity (Wildman–Crippen MR) is 83.1 cm³/mol. The lowest BCUT2D eigenvalue weighted by Crippen LogP contribution is -2.29. The van der Waals surface area contributed by atoms with Crippen molar-refractivity contribution in [2.45, 2.75) is 37.7 Å². The smallest absolute Gasteiger partial charge is 0.333 e. The zero-order valence-electron chi connectivity index (χ0n) is 14.3. The summed E-state index contributed by atoms with van der Waals surface area (Å²) in [5, 5.41) is 0. The van der Waals surface area contributed by atoms with Gasteiger partial charge in [-0.3, -0.25) is 4.99 Å². The van der Waals surface area contributed by atoms with E-state index >= 15 is 0 Å². The van der Waals surface area contributed by atoms with E-state index in [1.165, 1.54) is 13.1 Å². The maximum absolute atomic E-state index is 14.3. The van der Waals surface area contributed by atoms with Crippen molar-refractivity contribution < 1.29 is 30.7 Å². The molecule has 1 aliphatic rings. The van der Waals surface area contributed by atoms with Gasteiger partial charge in [-0.1, -0.05) is 6.07 Å². The second-order valence-electron chi connectivity index (χ2n) is 6.76. The van der Waals surface area contributed by atoms with Crippen molar-refractivity contribution in [3.05, 3.63) is 64.0 Å². The van der Waals surface area contributed by atoms with E-state index in [0.717, 1.165) is 22.9 Å². The molecule has 0 N–H and O–H groups in total. The summed E-state index contributed by atoms with van der Waals surface area (Å²) in [6.07, 6.45) is -7.81. The van der Waals surface area contributed by atoms with Gasteiger partial charge in [-0.2, -0.15) is 26.3 Å². The Balaban J connectivity index is 2.10. The minimum atomic E-state index is -4.70. The van der Waals surface area contributed by atoms with Crippen molar-refractivity contribution in [3.63, 3.8) is 0 Å². The topological polar surface area (TPSA) is 17.3 Å². The number of benzene rings is 1. The maximum Gasteiger partial charge on any atom is 0.417 e. The monoisotopic (exact) mass is 392 g/mol. The third-order valence-corrected chi connectivity index (χ3v) is 4.74. The average Bonchev–Trinajstić information content (AvgIpc) is 2.86. The van der Waals surface area contributed by atoms with Gasteiger partial charge in [0.05, 0.1) is 16.7 Å². The molecular weight excluding hydrogens is 377 g/mol. The van der Waals surface area contributed by atoms with Crippen LogP contribution in [-0.4, -0.2) is 4.57 Å². The van der Waals surface area contributed by atoms with Crippen molar-refractivity contribution in [1.29, 1.82) is 0 Å². The average molecular weight is 392 g/mol. The molecule has 0 saturated heterocycles. The minimum absolute atomic E-state index is 0.293. The van der Waals surface area contributed by atoms with E-state index in [1.807, 2.05) is 0 Å². The fourth-order valence-corrected chi connectivity index (χ4v) is 3.33. The maximum atomic E-state index is 14.3. The van der Waals surface area contributed by atoms with E-state index in [4.69, 9.17) is 0 Å². The summed E-state index contributed by atoms with van der Waals surface area (Å²) < 4.78 is 92.2. The number of rotatable bonds is 1. The Hall–Kier alpha value is -2.32. The van der Waals surface area contributed by atoms with Gasteiger partial charge >= 0.3 is 12.4 Å². The van der Waals surface area contributed by atoms with E-state index in [1.54, 1.807) is 6.92 Å². The highest BCUT2D eigenvalue weighted by Crippen LogP contribution is 2.42. The van der Waals surface area contributed by atoms with Crippen LogP contribution in [0.4, 0.5) is 30.7 Å². The fraction of sp³-hybridized carbons (Fsp3) is 0.389. The van der Waals surface area contributed by atoms with Crippen LogP contribution in [0.3, 0.4) is 0 Å². The Morgan fingerprint density at radius 2 is 1.63 bits per heavy atom. The molecule has 1 atom stereocenters. The largest absolute Gasteiger partial charge is 0.417 e. The molecular formula is C18H15F7N2. The van der Waals surface area contributed by atoms with Crippen LogP contribution in [0.2, 0.25) is 0 Å². The summed E-state index contributed by atoms with van der Waals surface area (Å²) in [5.41, 5.74) is -2.29. The molecule has 2 nitrogen and oxygen atoms in total. The lowest BCUT2D eigenvalue weighted by atomic mass is 9.94. The van der Waals surface area contributed by atoms with Gasteiger partial charge in [0.1, 0.15) is 0 Å². The van der Waals surface area contributed by atoms with Gasteiger partial charge in [0.2, 0.25) is 0 Å². The second kappa shape index (κ2) is 6.10. The first-order chi connectivity index (χ1) is 12.3. The summed E-state index contributed by atoms with van der Waals surface area (Å²) in [5.74, 6) is -1.14. The summed E-state index contributed by atoms with van der Waals surface area (Å²) in [6, 6.07) is 3.64.